The van der Waals surface area contributed by atoms with Gasteiger partial charge in [-0.2, -0.15) is 4.98 Å². The number of hydrogen-bond acceptors (Lipinski definition) is 8. The number of carbonyl (C=O) groups excluding carboxylic acids is 1. The number of amides is 1. The fourth-order valence-electron chi connectivity index (χ4n) is 3.16. The number of nitrogens with one attached hydrogen (secondary N) is 1. The van der Waals surface area contributed by atoms with Crippen molar-refractivity contribution in [1.82, 2.24) is 20.3 Å². The van der Waals surface area contributed by atoms with Gasteiger partial charge in [-0.25, -0.2) is 14.4 Å². The summed E-state index contributed by atoms with van der Waals surface area (Å²) in [7, 11) is 3.10. The summed E-state index contributed by atoms with van der Waals surface area (Å²) in [6.07, 6.45) is 1.61. The van der Waals surface area contributed by atoms with Gasteiger partial charge in [0.05, 0.1) is 17.4 Å². The predicted octanol–water partition coefficient (Wildman–Crippen LogP) is 4.41. The highest BCUT2D eigenvalue weighted by atomic mass is 32.1. The number of fused-ring (bicyclic) bond motifs is 1. The first-order valence-electron chi connectivity index (χ1n) is 9.98. The summed E-state index contributed by atoms with van der Waals surface area (Å²) in [5, 5.41) is 3.62. The number of halogens is 1. The molecule has 0 fully saturated rings. The van der Waals surface area contributed by atoms with Gasteiger partial charge in [-0.3, -0.25) is 4.79 Å². The molecule has 10 heteroatoms. The van der Waals surface area contributed by atoms with Crippen LogP contribution in [-0.4, -0.2) is 35.1 Å². The van der Waals surface area contributed by atoms with Crippen LogP contribution in [0.15, 0.2) is 42.6 Å². The molecule has 33 heavy (non-hydrogen) atoms. The van der Waals surface area contributed by atoms with Gasteiger partial charge in [0.1, 0.15) is 23.0 Å². The van der Waals surface area contributed by atoms with Crippen LogP contribution in [0.4, 0.5) is 4.39 Å². The van der Waals surface area contributed by atoms with Crippen LogP contribution in [0.25, 0.3) is 10.2 Å². The van der Waals surface area contributed by atoms with E-state index < -0.39 is 0 Å². The van der Waals surface area contributed by atoms with Crippen molar-refractivity contribution in [1.29, 1.82) is 0 Å². The number of ether oxygens (including phenoxy) is 3. The molecule has 1 N–H and O–H groups in total. The fraction of sp³-hybridized carbons (Fsp3) is 0.217. The first kappa shape index (κ1) is 22.6. The van der Waals surface area contributed by atoms with Crippen LogP contribution >= 0.6 is 11.3 Å². The van der Waals surface area contributed by atoms with E-state index in [1.165, 1.54) is 42.7 Å². The van der Waals surface area contributed by atoms with Crippen molar-refractivity contribution in [2.45, 2.75) is 20.1 Å². The molecule has 0 aliphatic rings. The van der Waals surface area contributed by atoms with Gasteiger partial charge in [0.15, 0.2) is 5.82 Å². The Hall–Kier alpha value is -3.63. The molecule has 0 saturated carbocycles. The van der Waals surface area contributed by atoms with Gasteiger partial charge in [0, 0.05) is 25.9 Å². The maximum Gasteiger partial charge on any atom is 0.261 e. The number of benzene rings is 1. The predicted molar refractivity (Wildman–Crippen MR) is 121 cm³/mol. The molecular formula is C23H21FN4O4S. The summed E-state index contributed by atoms with van der Waals surface area (Å²) >= 11 is 1.28. The van der Waals surface area contributed by atoms with Gasteiger partial charge in [-0.05, 0) is 42.3 Å². The van der Waals surface area contributed by atoms with Crippen molar-refractivity contribution in [3.63, 3.8) is 0 Å². The molecule has 1 aromatic carbocycles. The number of rotatable bonds is 8. The SMILES string of the molecule is COCc1nc(OC)c2c(C)c(C(=O)NCc3ccc(Oc4ccc(F)cc4)nc3)sc2n1. The molecule has 0 aliphatic carbocycles. The Bertz CT molecular complexity index is 1280. The quantitative estimate of drug-likeness (QED) is 0.409. The zero-order valence-corrected chi connectivity index (χ0v) is 19.0. The molecular weight excluding hydrogens is 447 g/mol. The van der Waals surface area contributed by atoms with E-state index in [9.17, 15) is 9.18 Å². The molecule has 0 unspecified atom stereocenters. The summed E-state index contributed by atoms with van der Waals surface area (Å²) in [4.78, 5) is 27.1. The van der Waals surface area contributed by atoms with Crippen LogP contribution in [0.2, 0.25) is 0 Å². The first-order valence-corrected chi connectivity index (χ1v) is 10.8. The highest BCUT2D eigenvalue weighted by Crippen LogP contribution is 2.35. The number of nitrogens with zero attached hydrogens (tertiary/aromatic N) is 3. The summed E-state index contributed by atoms with van der Waals surface area (Å²) in [6, 6.07) is 9.17. The monoisotopic (exact) mass is 468 g/mol. The normalized spacial score (nSPS) is 10.9. The minimum Gasteiger partial charge on any atom is -0.480 e. The maximum atomic E-state index is 13.0. The fourth-order valence-corrected chi connectivity index (χ4v) is 4.27. The highest BCUT2D eigenvalue weighted by molar-refractivity contribution is 7.20. The van der Waals surface area contributed by atoms with E-state index in [1.54, 1.807) is 25.4 Å². The molecule has 0 atom stereocenters. The maximum absolute atomic E-state index is 13.0. The van der Waals surface area contributed by atoms with E-state index in [-0.39, 0.29) is 24.9 Å². The van der Waals surface area contributed by atoms with Crippen molar-refractivity contribution in [3.8, 4) is 17.5 Å². The summed E-state index contributed by atoms with van der Waals surface area (Å²) < 4.78 is 29.1. The lowest BCUT2D eigenvalue weighted by Crippen LogP contribution is -2.22. The lowest BCUT2D eigenvalue weighted by molar-refractivity contribution is 0.0954. The number of aryl methyl sites for hydroxylation is 1. The van der Waals surface area contributed by atoms with E-state index in [2.05, 4.69) is 20.3 Å². The Kier molecular flexibility index (Phi) is 6.76. The topological polar surface area (TPSA) is 95.5 Å². The molecule has 170 valence electrons. The number of methoxy groups -OCH3 is 2. The first-order chi connectivity index (χ1) is 16.0. The third-order valence-corrected chi connectivity index (χ3v) is 5.95. The minimum atomic E-state index is -0.337. The Morgan fingerprint density at radius 3 is 2.58 bits per heavy atom. The minimum absolute atomic E-state index is 0.225. The smallest absolute Gasteiger partial charge is 0.261 e. The summed E-state index contributed by atoms with van der Waals surface area (Å²) in [6.45, 7) is 2.38. The van der Waals surface area contributed by atoms with Crippen molar-refractivity contribution < 1.29 is 23.4 Å². The van der Waals surface area contributed by atoms with Crippen LogP contribution in [-0.2, 0) is 17.9 Å². The number of aromatic nitrogens is 3. The summed E-state index contributed by atoms with van der Waals surface area (Å²) in [5.41, 5.74) is 1.56. The Balaban J connectivity index is 1.45. The molecule has 0 spiro atoms. The van der Waals surface area contributed by atoms with Crippen LogP contribution < -0.4 is 14.8 Å². The van der Waals surface area contributed by atoms with E-state index in [0.29, 0.717) is 33.0 Å². The van der Waals surface area contributed by atoms with E-state index >= 15 is 0 Å². The molecule has 3 aromatic heterocycles. The highest BCUT2D eigenvalue weighted by Gasteiger charge is 2.21. The third-order valence-electron chi connectivity index (χ3n) is 4.76. The molecule has 0 radical (unpaired) electrons. The average molecular weight is 469 g/mol. The number of pyridine rings is 1. The van der Waals surface area contributed by atoms with E-state index in [1.807, 2.05) is 6.92 Å². The molecule has 1 amide bonds. The second-order valence-electron chi connectivity index (χ2n) is 7.06. The van der Waals surface area contributed by atoms with Crippen LogP contribution in [0.5, 0.6) is 17.5 Å². The Morgan fingerprint density at radius 1 is 1.12 bits per heavy atom. The second-order valence-corrected chi connectivity index (χ2v) is 8.06. The van der Waals surface area contributed by atoms with Crippen LogP contribution in [0.3, 0.4) is 0 Å². The third kappa shape index (κ3) is 5.07. The standard InChI is InChI=1S/C23H21FN4O4S/c1-13-19-22(31-3)27-17(12-30-2)28-23(19)33-20(13)21(29)26-11-14-4-9-18(25-10-14)32-16-7-5-15(24)6-8-16/h4-10H,11-12H2,1-3H3,(H,26,29). The zero-order valence-electron chi connectivity index (χ0n) is 18.2. The molecule has 0 bridgehead atoms. The lowest BCUT2D eigenvalue weighted by atomic mass is 10.2. The van der Waals surface area contributed by atoms with E-state index in [0.717, 1.165) is 16.5 Å². The molecule has 4 rings (SSSR count). The van der Waals surface area contributed by atoms with Crippen LogP contribution in [0, 0.1) is 12.7 Å². The van der Waals surface area contributed by atoms with Gasteiger partial charge in [0.2, 0.25) is 11.8 Å². The van der Waals surface area contributed by atoms with Crippen molar-refractivity contribution in [2.75, 3.05) is 14.2 Å². The Labute approximate surface area is 193 Å². The van der Waals surface area contributed by atoms with Gasteiger partial charge in [-0.15, -0.1) is 11.3 Å². The number of hydrogen-bond donors (Lipinski definition) is 1. The molecule has 8 nitrogen and oxygen atoms in total. The van der Waals surface area contributed by atoms with Gasteiger partial charge < -0.3 is 19.5 Å². The van der Waals surface area contributed by atoms with Crippen molar-refractivity contribution in [2.24, 2.45) is 0 Å². The van der Waals surface area contributed by atoms with Crippen LogP contribution in [0.1, 0.15) is 26.6 Å². The zero-order chi connectivity index (χ0) is 23.4. The number of thiophene rings is 1. The van der Waals surface area contributed by atoms with Gasteiger partial charge in [0.25, 0.3) is 5.91 Å². The largest absolute Gasteiger partial charge is 0.480 e. The molecule has 0 saturated heterocycles. The Morgan fingerprint density at radius 2 is 1.91 bits per heavy atom. The van der Waals surface area contributed by atoms with Crippen molar-refractivity contribution in [3.05, 3.63) is 70.2 Å². The average Bonchev–Trinajstić information content (AvgIpc) is 3.16. The second kappa shape index (κ2) is 9.88. The summed E-state index contributed by atoms with van der Waals surface area (Å²) in [5.74, 6) is 1.20. The van der Waals surface area contributed by atoms with Crippen molar-refractivity contribution >= 4 is 27.5 Å². The molecule has 3 heterocycles. The molecule has 0 aliphatic heterocycles. The number of carbonyl (C=O) groups is 1. The lowest BCUT2D eigenvalue weighted by Gasteiger charge is -2.07. The van der Waals surface area contributed by atoms with E-state index in [4.69, 9.17) is 14.2 Å². The van der Waals surface area contributed by atoms with Gasteiger partial charge in [-0.1, -0.05) is 6.07 Å². The molecule has 4 aromatic rings. The van der Waals surface area contributed by atoms with Gasteiger partial charge >= 0.3 is 0 Å².